The van der Waals surface area contributed by atoms with Crippen molar-refractivity contribution in [1.82, 2.24) is 0 Å². The van der Waals surface area contributed by atoms with E-state index in [4.69, 9.17) is 9.73 Å². The van der Waals surface area contributed by atoms with Gasteiger partial charge in [0.2, 0.25) is 5.90 Å². The van der Waals surface area contributed by atoms with Crippen LogP contribution in [0.15, 0.2) is 132 Å². The van der Waals surface area contributed by atoms with Crippen molar-refractivity contribution in [2.45, 2.75) is 133 Å². The van der Waals surface area contributed by atoms with E-state index in [1.54, 1.807) is 0 Å². The van der Waals surface area contributed by atoms with Crippen LogP contribution in [0.2, 0.25) is 0 Å². The summed E-state index contributed by atoms with van der Waals surface area (Å²) in [5.74, 6) is 0.975. The van der Waals surface area contributed by atoms with E-state index >= 15 is 0 Å². The average molecular weight is 1470 g/mol. The number of rotatable bonds is 7. The molecular weight excluding hydrogens is 1420 g/mol. The molecule has 2 nitrogen and oxygen atoms in total. The molecule has 0 bridgehead atoms. The molecule has 481 valence electrons. The van der Waals surface area contributed by atoms with Gasteiger partial charge < -0.3 is 4.74 Å². The SMILES string of the molecule is C1=C\CC/C=C\CC/1.CC(C)(C)[PH+](CC1=N[C@H](c2ccccc2)CO1)C(C)(C)C.FC(F)(F)c1cc([B-](c2cc(C(F)(F)F)cc(C(F)(F)F)c2)(c2cc(C(F)(F)F)cc(C(F)(F)F)c2)c2cc(C(F)(F)F)cc(C(F)(F)F)c2)cc(C(F)(F)F)c1.[Ir]. The minimum Gasteiger partial charge on any atom is -0.476 e. The fourth-order valence-electron chi connectivity index (χ4n) is 10.1. The molecule has 0 aromatic heterocycles. The molecule has 5 aromatic rings. The zero-order valence-electron chi connectivity index (χ0n) is 46.3. The molecule has 1 aliphatic carbocycles. The van der Waals surface area contributed by atoms with E-state index < -0.39 is 203 Å². The van der Waals surface area contributed by atoms with Gasteiger partial charge in [-0.2, -0.15) is 127 Å². The summed E-state index contributed by atoms with van der Waals surface area (Å²) < 4.78 is 347. The van der Waals surface area contributed by atoms with E-state index in [0.29, 0.717) is 16.9 Å². The van der Waals surface area contributed by atoms with E-state index in [2.05, 4.69) is 90.1 Å². The van der Waals surface area contributed by atoms with Gasteiger partial charge in [0, 0.05) is 28.0 Å². The number of nitrogens with zero attached hydrogens (tertiary/aromatic N) is 1. The molecule has 0 unspecified atom stereocenters. The Labute approximate surface area is 498 Å². The molecule has 2 aliphatic rings. The molecule has 29 heteroatoms. The molecule has 7 rings (SSSR count). The van der Waals surface area contributed by atoms with Crippen LogP contribution in [-0.2, 0) is 74.3 Å². The van der Waals surface area contributed by atoms with Crippen molar-refractivity contribution >= 4 is 41.8 Å². The molecule has 0 spiro atoms. The monoisotopic (exact) mass is 1470 g/mol. The second-order valence-electron chi connectivity index (χ2n) is 22.2. The van der Waals surface area contributed by atoms with Gasteiger partial charge in [0.1, 0.15) is 25.0 Å². The van der Waals surface area contributed by atoms with Gasteiger partial charge in [0.25, 0.3) is 0 Å². The smallest absolute Gasteiger partial charge is 0.416 e. The summed E-state index contributed by atoms with van der Waals surface area (Å²) in [7, 11) is -0.619. The number of benzene rings is 5. The van der Waals surface area contributed by atoms with Crippen molar-refractivity contribution < 1.29 is 130 Å². The van der Waals surface area contributed by atoms with Gasteiger partial charge in [-0.1, -0.05) is 103 Å². The molecule has 5 aromatic carbocycles. The number of aliphatic imine (C=N–C) groups is 1. The van der Waals surface area contributed by atoms with Gasteiger partial charge in [0.05, 0.1) is 54.8 Å². The summed E-state index contributed by atoms with van der Waals surface area (Å²) in [6.45, 7) is 14.8. The van der Waals surface area contributed by atoms with Crippen LogP contribution in [-0.4, -0.2) is 35.1 Å². The maximum absolute atomic E-state index is 14.2. The van der Waals surface area contributed by atoms with Crippen LogP contribution in [0.25, 0.3) is 0 Å². The molecule has 1 radical (unpaired) electrons. The van der Waals surface area contributed by atoms with E-state index in [-0.39, 0.29) is 26.1 Å². The fraction of sp³-hybridized carbons (Fsp3) is 0.397. The number of hydrogen-bond donors (Lipinski definition) is 0. The topological polar surface area (TPSA) is 21.6 Å². The molecule has 0 saturated heterocycles. The number of halogens is 24. The number of allylic oxidation sites excluding steroid dienone is 4. The zero-order valence-corrected chi connectivity index (χ0v) is 49.7. The first-order valence-corrected chi connectivity index (χ1v) is 27.4. The van der Waals surface area contributed by atoms with Gasteiger partial charge >= 0.3 is 49.4 Å². The molecular formula is C58H53BF24IrNOP. The van der Waals surface area contributed by atoms with Crippen molar-refractivity contribution in [2.75, 3.05) is 12.8 Å². The number of ether oxygens (including phenoxy) is 1. The summed E-state index contributed by atoms with van der Waals surface area (Å²) in [5.41, 5.74) is -28.9. The quantitative estimate of drug-likeness (QED) is 0.0689. The first-order chi connectivity index (χ1) is 38.9. The van der Waals surface area contributed by atoms with Crippen molar-refractivity contribution in [1.29, 1.82) is 0 Å². The van der Waals surface area contributed by atoms with Gasteiger partial charge in [-0.05, 0) is 97.1 Å². The molecule has 1 atom stereocenters. The summed E-state index contributed by atoms with van der Waals surface area (Å²) in [4.78, 5) is 4.84. The van der Waals surface area contributed by atoms with E-state index in [1.807, 2.05) is 6.07 Å². The van der Waals surface area contributed by atoms with E-state index in [1.165, 1.54) is 31.2 Å². The molecule has 0 saturated carbocycles. The zero-order chi connectivity index (χ0) is 65.2. The third-order valence-electron chi connectivity index (χ3n) is 13.8. The molecule has 87 heavy (non-hydrogen) atoms. The maximum Gasteiger partial charge on any atom is 0.416 e. The third-order valence-corrected chi connectivity index (χ3v) is 18.1. The Hall–Kier alpha value is -5.49. The van der Waals surface area contributed by atoms with Crippen LogP contribution in [0.3, 0.4) is 0 Å². The predicted octanol–water partition coefficient (Wildman–Crippen LogP) is 18.9. The van der Waals surface area contributed by atoms with Crippen LogP contribution >= 0.6 is 7.92 Å². The van der Waals surface area contributed by atoms with Gasteiger partial charge in [0.15, 0.2) is 0 Å². The Bertz CT molecular complexity index is 2750. The Morgan fingerprint density at radius 1 is 0.379 bits per heavy atom. The minimum absolute atomic E-state index is 0. The molecule has 1 aliphatic heterocycles. The summed E-state index contributed by atoms with van der Waals surface area (Å²) in [6.07, 6.45) is -39.8. The Balaban J connectivity index is 0.000000438. The van der Waals surface area contributed by atoms with E-state index in [9.17, 15) is 105 Å². The normalized spacial score (nSPS) is 16.7. The molecule has 1 heterocycles. The van der Waals surface area contributed by atoms with Crippen LogP contribution < -0.4 is 21.9 Å². The van der Waals surface area contributed by atoms with Crippen LogP contribution in [0, 0.1) is 0 Å². The van der Waals surface area contributed by atoms with Crippen molar-refractivity contribution in [3.05, 3.63) is 178 Å². The summed E-state index contributed by atoms with van der Waals surface area (Å²) in [6, 6.07) is 1.84. The average Bonchev–Trinajstić information content (AvgIpc) is 1.07. The van der Waals surface area contributed by atoms with Crippen molar-refractivity contribution in [3.8, 4) is 0 Å². The Morgan fingerprint density at radius 3 is 0.816 bits per heavy atom. The van der Waals surface area contributed by atoms with Crippen LogP contribution in [0.1, 0.15) is 123 Å². The van der Waals surface area contributed by atoms with Gasteiger partial charge in [-0.3, -0.25) is 0 Å². The Kier molecular flexibility index (Phi) is 22.9. The molecule has 0 N–H and O–H groups in total. The fourth-order valence-corrected chi connectivity index (χ4v) is 13.9. The molecule has 0 fully saturated rings. The standard InChI is InChI=1S/C32H12BF24.C18H28NOP.C8H12.Ir/c34-25(35,36)13-1-14(26(37,38)39)6-21(5-13)33(22-7-15(27(40,41)42)2-16(8-22)28(43,44)45,23-9-17(29(46,47)48)3-18(10-23)30(49,50)51)24-11-19(31(52,53)54)4-20(12-24)32(55,56)57;1-17(2,3)21(18(4,5)6)13-16-19-15(12-20-16)14-10-8-7-9-11-14;1-2-4-6-8-7-5-3-1;/h1-12H;7-11,15H,12-13H2,1-6H3;1-2,7-8H,3-6H2;/q-1;;;/p+1/b;;2-1-,8-7-;/t;15-;;/m.0../s1. The maximum atomic E-state index is 14.2. The largest absolute Gasteiger partial charge is 0.476 e. The molecule has 0 amide bonds. The number of hydrogen-bond acceptors (Lipinski definition) is 2. The summed E-state index contributed by atoms with van der Waals surface area (Å²) in [5, 5.41) is 0.694. The van der Waals surface area contributed by atoms with E-state index in [0.717, 1.165) is 12.1 Å². The van der Waals surface area contributed by atoms with Crippen LogP contribution in [0.4, 0.5) is 105 Å². The second kappa shape index (κ2) is 26.9. The third kappa shape index (κ3) is 19.5. The minimum atomic E-state index is -6.13. The van der Waals surface area contributed by atoms with Crippen LogP contribution in [0.5, 0.6) is 0 Å². The first kappa shape index (κ1) is 74.0. The van der Waals surface area contributed by atoms with Crippen molar-refractivity contribution in [3.63, 3.8) is 0 Å². The second-order valence-corrected chi connectivity index (χ2v) is 26.5. The predicted molar refractivity (Wildman–Crippen MR) is 282 cm³/mol. The first-order valence-electron chi connectivity index (χ1n) is 25.7. The van der Waals surface area contributed by atoms with Gasteiger partial charge in [-0.25, -0.2) is 4.99 Å². The summed E-state index contributed by atoms with van der Waals surface area (Å²) >= 11 is 0. The van der Waals surface area contributed by atoms with Gasteiger partial charge in [-0.15, -0.1) is 0 Å². The van der Waals surface area contributed by atoms with Crippen molar-refractivity contribution in [2.24, 2.45) is 4.99 Å². The Morgan fingerprint density at radius 2 is 0.609 bits per heavy atom. The number of alkyl halides is 24.